The van der Waals surface area contributed by atoms with Gasteiger partial charge in [-0.15, -0.1) is 0 Å². The van der Waals surface area contributed by atoms with E-state index in [1.807, 2.05) is 60.7 Å². The zero-order valence-corrected chi connectivity index (χ0v) is 16.5. The predicted octanol–water partition coefficient (Wildman–Crippen LogP) is 1.12. The summed E-state index contributed by atoms with van der Waals surface area (Å²) in [4.78, 5) is 11.2. The van der Waals surface area contributed by atoms with Crippen LogP contribution in [0.25, 0.3) is 0 Å². The van der Waals surface area contributed by atoms with Crippen molar-refractivity contribution >= 4 is 5.97 Å². The first kappa shape index (κ1) is 22.4. The summed E-state index contributed by atoms with van der Waals surface area (Å²) in [5.74, 6) is -0.737. The zero-order valence-electron chi connectivity index (χ0n) is 16.5. The molecule has 0 radical (unpaired) electrons. The molecule has 3 rings (SSSR count). The summed E-state index contributed by atoms with van der Waals surface area (Å²) in [7, 11) is 0. The second kappa shape index (κ2) is 10.6. The van der Waals surface area contributed by atoms with Gasteiger partial charge in [-0.1, -0.05) is 60.7 Å². The summed E-state index contributed by atoms with van der Waals surface area (Å²) in [6.07, 6.45) is -8.20. The molecule has 2 aromatic carbocycles. The molecule has 1 aliphatic heterocycles. The first-order valence-electron chi connectivity index (χ1n) is 9.63. The number of esters is 1. The van der Waals surface area contributed by atoms with Gasteiger partial charge in [0, 0.05) is 6.92 Å². The molecule has 0 spiro atoms. The normalized spacial score (nSPS) is 27.4. The highest BCUT2D eigenvalue weighted by atomic mass is 16.7. The van der Waals surface area contributed by atoms with Gasteiger partial charge in [0.1, 0.15) is 18.3 Å². The molecule has 2 unspecified atom stereocenters. The minimum absolute atomic E-state index is 0.108. The summed E-state index contributed by atoms with van der Waals surface area (Å²) in [6, 6.07) is 18.5. The SMILES string of the molecule is CC(=O)OC(O)[C@H]1OC(O)[C@H](OCc2ccccc2)[C@@H](O)[C@@H]1OCc1ccccc1. The third-order valence-electron chi connectivity index (χ3n) is 4.71. The Balaban J connectivity index is 1.73. The van der Waals surface area contributed by atoms with Crippen molar-refractivity contribution in [1.82, 2.24) is 0 Å². The molecule has 0 saturated carbocycles. The number of ether oxygens (including phenoxy) is 4. The van der Waals surface area contributed by atoms with Crippen molar-refractivity contribution in [2.24, 2.45) is 0 Å². The van der Waals surface area contributed by atoms with Crippen LogP contribution < -0.4 is 0 Å². The fraction of sp³-hybridized carbons (Fsp3) is 0.409. The molecular formula is C22H26O8. The van der Waals surface area contributed by atoms with Gasteiger partial charge >= 0.3 is 5.97 Å². The molecule has 8 heteroatoms. The Morgan fingerprint density at radius 2 is 1.43 bits per heavy atom. The summed E-state index contributed by atoms with van der Waals surface area (Å²) in [5.41, 5.74) is 1.68. The van der Waals surface area contributed by atoms with E-state index in [1.54, 1.807) is 0 Å². The quantitative estimate of drug-likeness (QED) is 0.432. The van der Waals surface area contributed by atoms with Crippen LogP contribution in [0.5, 0.6) is 0 Å². The van der Waals surface area contributed by atoms with E-state index in [4.69, 9.17) is 18.9 Å². The summed E-state index contributed by atoms with van der Waals surface area (Å²) >= 11 is 0. The lowest BCUT2D eigenvalue weighted by Gasteiger charge is -2.43. The van der Waals surface area contributed by atoms with Gasteiger partial charge in [0.15, 0.2) is 12.4 Å². The average Bonchev–Trinajstić information content (AvgIpc) is 2.73. The maximum absolute atomic E-state index is 11.2. The molecule has 1 fully saturated rings. The average molecular weight is 418 g/mol. The number of carbonyl (C=O) groups is 1. The zero-order chi connectivity index (χ0) is 21.5. The number of hydrogen-bond donors (Lipinski definition) is 3. The van der Waals surface area contributed by atoms with Crippen LogP contribution in [0.3, 0.4) is 0 Å². The molecule has 1 aliphatic rings. The molecule has 0 aliphatic carbocycles. The smallest absolute Gasteiger partial charge is 0.305 e. The number of hydrogen-bond acceptors (Lipinski definition) is 8. The molecule has 0 bridgehead atoms. The van der Waals surface area contributed by atoms with E-state index < -0.39 is 43.0 Å². The molecule has 30 heavy (non-hydrogen) atoms. The van der Waals surface area contributed by atoms with Crippen LogP contribution in [-0.2, 0) is 37.0 Å². The molecule has 162 valence electrons. The predicted molar refractivity (Wildman–Crippen MR) is 105 cm³/mol. The highest BCUT2D eigenvalue weighted by molar-refractivity contribution is 5.66. The molecule has 0 aromatic heterocycles. The van der Waals surface area contributed by atoms with Crippen molar-refractivity contribution in [3.05, 3.63) is 71.8 Å². The van der Waals surface area contributed by atoms with Crippen LogP contribution in [0, 0.1) is 0 Å². The molecule has 8 nitrogen and oxygen atoms in total. The summed E-state index contributed by atoms with van der Waals surface area (Å²) in [6.45, 7) is 1.37. The Hall–Kier alpha value is -2.33. The highest BCUT2D eigenvalue weighted by Gasteiger charge is 2.49. The van der Waals surface area contributed by atoms with Gasteiger partial charge in [-0.3, -0.25) is 4.79 Å². The van der Waals surface area contributed by atoms with E-state index >= 15 is 0 Å². The van der Waals surface area contributed by atoms with E-state index in [2.05, 4.69) is 0 Å². The van der Waals surface area contributed by atoms with Gasteiger partial charge < -0.3 is 34.3 Å². The standard InChI is InChI=1S/C22H26O8/c1-14(23)29-22(26)20-18(27-12-15-8-4-2-5-9-15)17(24)19(21(25)30-20)28-13-16-10-6-3-7-11-16/h2-11,17-22,24-26H,12-13H2,1H3/t17-,18-,19+,20-,21?,22?/m0/s1. The van der Waals surface area contributed by atoms with Crippen LogP contribution in [0.1, 0.15) is 18.1 Å². The van der Waals surface area contributed by atoms with Gasteiger partial charge in [-0.05, 0) is 11.1 Å². The van der Waals surface area contributed by atoms with Gasteiger partial charge in [0.25, 0.3) is 0 Å². The lowest BCUT2D eigenvalue weighted by atomic mass is 9.97. The van der Waals surface area contributed by atoms with Gasteiger partial charge in [0.2, 0.25) is 6.29 Å². The fourth-order valence-corrected chi connectivity index (χ4v) is 3.24. The van der Waals surface area contributed by atoms with Crippen LogP contribution >= 0.6 is 0 Å². The molecular weight excluding hydrogens is 392 g/mol. The lowest BCUT2D eigenvalue weighted by molar-refractivity contribution is -0.334. The van der Waals surface area contributed by atoms with Crippen molar-refractivity contribution in [1.29, 1.82) is 0 Å². The number of benzene rings is 2. The monoisotopic (exact) mass is 418 g/mol. The third kappa shape index (κ3) is 5.85. The van der Waals surface area contributed by atoms with Crippen molar-refractivity contribution in [2.45, 2.75) is 57.1 Å². The molecule has 1 heterocycles. The highest BCUT2D eigenvalue weighted by Crippen LogP contribution is 2.28. The van der Waals surface area contributed by atoms with Gasteiger partial charge in [-0.25, -0.2) is 0 Å². The second-order valence-electron chi connectivity index (χ2n) is 7.00. The van der Waals surface area contributed by atoms with E-state index in [0.29, 0.717) is 0 Å². The summed E-state index contributed by atoms with van der Waals surface area (Å²) in [5, 5.41) is 31.5. The number of carbonyl (C=O) groups excluding carboxylic acids is 1. The Kier molecular flexibility index (Phi) is 7.92. The molecule has 3 N–H and O–H groups in total. The molecule has 6 atom stereocenters. The fourth-order valence-electron chi connectivity index (χ4n) is 3.24. The Labute approximate surface area is 174 Å². The van der Waals surface area contributed by atoms with Gasteiger partial charge in [0.05, 0.1) is 13.2 Å². The first-order chi connectivity index (χ1) is 14.5. The maximum Gasteiger partial charge on any atom is 0.305 e. The number of aliphatic hydroxyl groups is 3. The minimum atomic E-state index is -1.73. The van der Waals surface area contributed by atoms with Crippen molar-refractivity contribution in [3.8, 4) is 0 Å². The third-order valence-corrected chi connectivity index (χ3v) is 4.71. The number of aliphatic hydroxyl groups excluding tert-OH is 3. The van der Waals surface area contributed by atoms with Crippen molar-refractivity contribution < 1.29 is 39.1 Å². The Bertz CT molecular complexity index is 784. The molecule has 2 aromatic rings. The van der Waals surface area contributed by atoms with Crippen LogP contribution in [-0.4, -0.2) is 58.3 Å². The maximum atomic E-state index is 11.2. The minimum Gasteiger partial charge on any atom is -0.433 e. The van der Waals surface area contributed by atoms with Crippen molar-refractivity contribution in [2.75, 3.05) is 0 Å². The Morgan fingerprint density at radius 1 is 0.933 bits per heavy atom. The lowest BCUT2D eigenvalue weighted by Crippen LogP contribution is -2.62. The van der Waals surface area contributed by atoms with Crippen LogP contribution in [0.15, 0.2) is 60.7 Å². The second-order valence-corrected chi connectivity index (χ2v) is 7.00. The number of rotatable bonds is 8. The van der Waals surface area contributed by atoms with Crippen LogP contribution in [0.2, 0.25) is 0 Å². The molecule has 0 amide bonds. The van der Waals surface area contributed by atoms with Crippen molar-refractivity contribution in [3.63, 3.8) is 0 Å². The summed E-state index contributed by atoms with van der Waals surface area (Å²) < 4.78 is 21.7. The largest absolute Gasteiger partial charge is 0.433 e. The molecule has 1 saturated heterocycles. The van der Waals surface area contributed by atoms with E-state index in [-0.39, 0.29) is 13.2 Å². The first-order valence-corrected chi connectivity index (χ1v) is 9.63. The van der Waals surface area contributed by atoms with Crippen LogP contribution in [0.4, 0.5) is 0 Å². The topological polar surface area (TPSA) is 115 Å². The Morgan fingerprint density at radius 3 is 1.93 bits per heavy atom. The van der Waals surface area contributed by atoms with E-state index in [9.17, 15) is 20.1 Å². The van der Waals surface area contributed by atoms with E-state index in [1.165, 1.54) is 0 Å². The van der Waals surface area contributed by atoms with Gasteiger partial charge in [-0.2, -0.15) is 0 Å². The van der Waals surface area contributed by atoms with E-state index in [0.717, 1.165) is 18.1 Å².